The molecule has 2 heterocycles. The van der Waals surface area contributed by atoms with Crippen molar-refractivity contribution in [1.29, 1.82) is 0 Å². The fourth-order valence-electron chi connectivity index (χ4n) is 1.45. The molecule has 1 aliphatic rings. The van der Waals surface area contributed by atoms with Gasteiger partial charge >= 0.3 is 0 Å². The van der Waals surface area contributed by atoms with Crippen LogP contribution in [0.1, 0.15) is 6.42 Å². The number of hydrogen-bond donors (Lipinski definition) is 2. The van der Waals surface area contributed by atoms with Crippen LogP contribution in [0, 0.1) is 0 Å². The maximum atomic E-state index is 4.35. The number of halogens is 1. The molecule has 2 rings (SSSR count). The Hall–Kier alpha value is -0.440. The van der Waals surface area contributed by atoms with Crippen LogP contribution < -0.4 is 10.6 Å². The van der Waals surface area contributed by atoms with E-state index in [0.717, 1.165) is 42.9 Å². The molecular weight excluding hydrogens is 349 g/mol. The quantitative estimate of drug-likeness (QED) is 0.475. The first-order valence-electron chi connectivity index (χ1n) is 5.48. The molecule has 96 valence electrons. The lowest BCUT2D eigenvalue weighted by Gasteiger charge is -2.15. The Labute approximate surface area is 123 Å². The van der Waals surface area contributed by atoms with Crippen LogP contribution in [0.4, 0.5) is 0 Å². The lowest BCUT2D eigenvalue weighted by molar-refractivity contribution is 0.709. The minimum absolute atomic E-state index is 0. The molecule has 0 aromatic carbocycles. The zero-order chi connectivity index (χ0) is 11.2. The van der Waals surface area contributed by atoms with E-state index in [1.165, 1.54) is 0 Å². The third-order valence-electron chi connectivity index (χ3n) is 2.30. The van der Waals surface area contributed by atoms with Crippen LogP contribution >= 0.6 is 35.7 Å². The molecule has 0 atom stereocenters. The zero-order valence-electron chi connectivity index (χ0n) is 9.85. The molecule has 5 nitrogen and oxygen atoms in total. The number of aryl methyl sites for hydroxylation is 1. The van der Waals surface area contributed by atoms with E-state index in [1.807, 2.05) is 24.0 Å². The van der Waals surface area contributed by atoms with Gasteiger partial charge in [0.1, 0.15) is 0 Å². The first kappa shape index (κ1) is 14.6. The number of rotatable bonds is 4. The molecule has 0 saturated carbocycles. The van der Waals surface area contributed by atoms with E-state index in [1.54, 1.807) is 11.8 Å². The molecule has 1 aliphatic heterocycles. The number of nitrogens with zero attached hydrogens (tertiary/aromatic N) is 3. The molecule has 2 N–H and O–H groups in total. The van der Waals surface area contributed by atoms with Gasteiger partial charge < -0.3 is 15.2 Å². The summed E-state index contributed by atoms with van der Waals surface area (Å²) < 4.78 is 2.03. The summed E-state index contributed by atoms with van der Waals surface area (Å²) in [6, 6.07) is 0. The minimum Gasteiger partial charge on any atom is -0.356 e. The Morgan fingerprint density at radius 1 is 1.59 bits per heavy atom. The van der Waals surface area contributed by atoms with Crippen molar-refractivity contribution in [1.82, 2.24) is 20.2 Å². The number of hydrogen-bond acceptors (Lipinski definition) is 5. The van der Waals surface area contributed by atoms with Crippen LogP contribution in [-0.4, -0.2) is 40.9 Å². The highest BCUT2D eigenvalue weighted by Gasteiger charge is 2.03. The van der Waals surface area contributed by atoms with Gasteiger partial charge in [-0.3, -0.25) is 4.99 Å². The lowest BCUT2D eigenvalue weighted by Crippen LogP contribution is -2.41. The monoisotopic (exact) mass is 367 g/mol. The van der Waals surface area contributed by atoms with Crippen molar-refractivity contribution in [2.24, 2.45) is 12.0 Å². The van der Waals surface area contributed by atoms with Crippen LogP contribution in [0.25, 0.3) is 0 Å². The van der Waals surface area contributed by atoms with Crippen molar-refractivity contribution in [3.8, 4) is 0 Å². The second kappa shape index (κ2) is 7.80. The van der Waals surface area contributed by atoms with Gasteiger partial charge in [-0.25, -0.2) is 4.98 Å². The normalized spacial score (nSPS) is 14.5. The average molecular weight is 367 g/mol. The highest BCUT2D eigenvalue weighted by Crippen LogP contribution is 2.12. The van der Waals surface area contributed by atoms with Gasteiger partial charge in [0.05, 0.1) is 0 Å². The second-order valence-electron chi connectivity index (χ2n) is 3.61. The van der Waals surface area contributed by atoms with Crippen LogP contribution in [0.5, 0.6) is 0 Å². The standard InChI is InChI=1S/C10H17N5S.HI/c1-15-7-5-14-10(15)16-8-6-13-9-11-3-2-4-12-9;/h5,7H,2-4,6,8H2,1H3,(H2,11,12,13);1H. The van der Waals surface area contributed by atoms with E-state index in [9.17, 15) is 0 Å². The van der Waals surface area contributed by atoms with E-state index in [4.69, 9.17) is 0 Å². The summed E-state index contributed by atoms with van der Waals surface area (Å²) in [6.45, 7) is 2.86. The van der Waals surface area contributed by atoms with Gasteiger partial charge in [0.15, 0.2) is 11.1 Å². The second-order valence-corrected chi connectivity index (χ2v) is 4.67. The van der Waals surface area contributed by atoms with E-state index in [2.05, 4.69) is 20.6 Å². The predicted octanol–water partition coefficient (Wildman–Crippen LogP) is 1.07. The highest BCUT2D eigenvalue weighted by molar-refractivity contribution is 14.0. The molecule has 0 unspecified atom stereocenters. The predicted molar refractivity (Wildman–Crippen MR) is 82.3 cm³/mol. The summed E-state index contributed by atoms with van der Waals surface area (Å²) >= 11 is 1.75. The third-order valence-corrected chi connectivity index (χ3v) is 3.36. The molecule has 0 radical (unpaired) electrons. The van der Waals surface area contributed by atoms with Gasteiger partial charge in [-0.05, 0) is 6.42 Å². The number of aliphatic imine (C=N–C) groups is 1. The van der Waals surface area contributed by atoms with E-state index >= 15 is 0 Å². The first-order valence-corrected chi connectivity index (χ1v) is 6.47. The smallest absolute Gasteiger partial charge is 0.191 e. The van der Waals surface area contributed by atoms with E-state index in [-0.39, 0.29) is 24.0 Å². The molecule has 0 amide bonds. The zero-order valence-corrected chi connectivity index (χ0v) is 13.0. The lowest BCUT2D eigenvalue weighted by atomic mass is 10.4. The summed E-state index contributed by atoms with van der Waals surface area (Å²) in [4.78, 5) is 8.60. The molecule has 7 heteroatoms. The maximum Gasteiger partial charge on any atom is 0.191 e. The summed E-state index contributed by atoms with van der Waals surface area (Å²) in [5.41, 5.74) is 0. The molecule has 0 saturated heterocycles. The number of thioether (sulfide) groups is 1. The Bertz CT molecular complexity index is 365. The Kier molecular flexibility index (Phi) is 6.71. The van der Waals surface area contributed by atoms with Crippen LogP contribution in [0.2, 0.25) is 0 Å². The Balaban J connectivity index is 0.00000144. The van der Waals surface area contributed by atoms with Crippen molar-refractivity contribution in [3.63, 3.8) is 0 Å². The van der Waals surface area contributed by atoms with Crippen molar-refractivity contribution in [3.05, 3.63) is 12.4 Å². The van der Waals surface area contributed by atoms with Gasteiger partial charge in [-0.15, -0.1) is 24.0 Å². The Morgan fingerprint density at radius 2 is 2.47 bits per heavy atom. The van der Waals surface area contributed by atoms with Crippen LogP contribution in [-0.2, 0) is 7.05 Å². The van der Waals surface area contributed by atoms with Gasteiger partial charge in [-0.2, -0.15) is 0 Å². The van der Waals surface area contributed by atoms with E-state index < -0.39 is 0 Å². The molecule has 0 spiro atoms. The summed E-state index contributed by atoms with van der Waals surface area (Å²) in [7, 11) is 2.01. The topological polar surface area (TPSA) is 54.2 Å². The summed E-state index contributed by atoms with van der Waals surface area (Å²) in [5.74, 6) is 1.93. The highest BCUT2D eigenvalue weighted by atomic mass is 127. The maximum absolute atomic E-state index is 4.35. The van der Waals surface area contributed by atoms with Crippen molar-refractivity contribution >= 4 is 41.7 Å². The Morgan fingerprint density at radius 3 is 3.12 bits per heavy atom. The fourth-order valence-corrected chi connectivity index (χ4v) is 2.24. The molecular formula is C10H18IN5S. The molecule has 1 aromatic rings. The molecule has 0 aliphatic carbocycles. The summed E-state index contributed by atoms with van der Waals surface area (Å²) in [6.07, 6.45) is 4.91. The molecule has 1 aromatic heterocycles. The molecule has 17 heavy (non-hydrogen) atoms. The van der Waals surface area contributed by atoms with Gasteiger partial charge in [0, 0.05) is 44.8 Å². The summed E-state index contributed by atoms with van der Waals surface area (Å²) in [5, 5.41) is 7.57. The van der Waals surface area contributed by atoms with Gasteiger partial charge in [-0.1, -0.05) is 11.8 Å². The van der Waals surface area contributed by atoms with Gasteiger partial charge in [0.25, 0.3) is 0 Å². The van der Waals surface area contributed by atoms with Gasteiger partial charge in [0.2, 0.25) is 0 Å². The largest absolute Gasteiger partial charge is 0.356 e. The first-order chi connectivity index (χ1) is 7.86. The SMILES string of the molecule is Cn1ccnc1SCCNC1=NCCCN1.I. The van der Waals surface area contributed by atoms with Crippen molar-refractivity contribution < 1.29 is 0 Å². The number of imidazole rings is 1. The number of aromatic nitrogens is 2. The van der Waals surface area contributed by atoms with Crippen molar-refractivity contribution in [2.45, 2.75) is 11.6 Å². The molecule has 0 fully saturated rings. The average Bonchev–Trinajstić information content (AvgIpc) is 2.72. The molecule has 0 bridgehead atoms. The number of guanidine groups is 1. The third kappa shape index (κ3) is 4.74. The number of nitrogens with one attached hydrogen (secondary N) is 2. The van der Waals surface area contributed by atoms with Crippen LogP contribution in [0.15, 0.2) is 22.5 Å². The van der Waals surface area contributed by atoms with Crippen molar-refractivity contribution in [2.75, 3.05) is 25.4 Å². The fraction of sp³-hybridized carbons (Fsp3) is 0.600. The van der Waals surface area contributed by atoms with E-state index in [0.29, 0.717) is 0 Å². The minimum atomic E-state index is 0. The van der Waals surface area contributed by atoms with Crippen LogP contribution in [0.3, 0.4) is 0 Å².